The van der Waals surface area contributed by atoms with E-state index in [0.717, 1.165) is 34.1 Å². The van der Waals surface area contributed by atoms with Gasteiger partial charge in [0.25, 0.3) is 0 Å². The Morgan fingerprint density at radius 1 is 1.00 bits per heavy atom. The van der Waals surface area contributed by atoms with Crippen LogP contribution in [0.2, 0.25) is 0 Å². The van der Waals surface area contributed by atoms with E-state index in [9.17, 15) is 4.79 Å². The van der Waals surface area contributed by atoms with Crippen molar-refractivity contribution in [3.63, 3.8) is 0 Å². The zero-order valence-corrected chi connectivity index (χ0v) is 14.8. The molecule has 0 aliphatic heterocycles. The summed E-state index contributed by atoms with van der Waals surface area (Å²) in [5.41, 5.74) is 10.2. The molecule has 0 bridgehead atoms. The van der Waals surface area contributed by atoms with Gasteiger partial charge in [-0.15, -0.1) is 0 Å². The summed E-state index contributed by atoms with van der Waals surface area (Å²) in [6.45, 7) is 0. The van der Waals surface area contributed by atoms with Crippen molar-refractivity contribution in [3.8, 4) is 11.1 Å². The second kappa shape index (κ2) is 7.24. The van der Waals surface area contributed by atoms with Gasteiger partial charge in [0.05, 0.1) is 11.1 Å². The number of nitrogens with zero attached hydrogens (tertiary/aromatic N) is 2. The number of fused-ring (bicyclic) bond motifs is 1. The third-order valence-corrected chi connectivity index (χ3v) is 5.36. The van der Waals surface area contributed by atoms with E-state index in [0.29, 0.717) is 11.5 Å². The van der Waals surface area contributed by atoms with E-state index in [1.54, 1.807) is 12.4 Å². The minimum absolute atomic E-state index is 0.394. The number of primary amides is 1. The van der Waals surface area contributed by atoms with Gasteiger partial charge < -0.3 is 5.73 Å². The number of carbonyl (C=O) groups is 1. The van der Waals surface area contributed by atoms with Crippen LogP contribution in [0.25, 0.3) is 22.0 Å². The van der Waals surface area contributed by atoms with Crippen molar-refractivity contribution < 1.29 is 4.79 Å². The average molecular weight is 345 g/mol. The highest BCUT2D eigenvalue weighted by atomic mass is 16.1. The van der Waals surface area contributed by atoms with Crippen molar-refractivity contribution in [2.75, 3.05) is 0 Å². The van der Waals surface area contributed by atoms with Gasteiger partial charge in [0, 0.05) is 23.5 Å². The van der Waals surface area contributed by atoms with Gasteiger partial charge in [-0.3, -0.25) is 14.8 Å². The molecule has 0 atom stereocenters. The first-order chi connectivity index (χ1) is 12.7. The fourth-order valence-corrected chi connectivity index (χ4v) is 4.00. The Bertz CT molecular complexity index is 931. The van der Waals surface area contributed by atoms with Crippen molar-refractivity contribution in [2.45, 2.75) is 38.5 Å². The van der Waals surface area contributed by atoms with Gasteiger partial charge in [0.2, 0.25) is 5.91 Å². The molecule has 26 heavy (non-hydrogen) atoms. The molecule has 0 radical (unpaired) electrons. The first-order valence-electron chi connectivity index (χ1n) is 9.34. The maximum atomic E-state index is 12.1. The molecule has 2 heterocycles. The highest BCUT2D eigenvalue weighted by Gasteiger charge is 2.17. The summed E-state index contributed by atoms with van der Waals surface area (Å²) >= 11 is 0. The molecular formula is C22H23N3O. The highest BCUT2D eigenvalue weighted by Crippen LogP contribution is 2.29. The van der Waals surface area contributed by atoms with Gasteiger partial charge in [0.1, 0.15) is 0 Å². The van der Waals surface area contributed by atoms with E-state index in [4.69, 9.17) is 10.7 Å². The summed E-state index contributed by atoms with van der Waals surface area (Å²) in [5, 5.41) is 0.819. The first kappa shape index (κ1) is 16.7. The smallest absolute Gasteiger partial charge is 0.249 e. The third-order valence-electron chi connectivity index (χ3n) is 5.36. The van der Waals surface area contributed by atoms with Crippen molar-refractivity contribution in [1.29, 1.82) is 0 Å². The maximum absolute atomic E-state index is 12.1. The summed E-state index contributed by atoms with van der Waals surface area (Å²) in [4.78, 5) is 21.0. The van der Waals surface area contributed by atoms with Crippen LogP contribution in [0.15, 0.2) is 48.8 Å². The molecule has 1 aromatic carbocycles. The number of pyridine rings is 2. The first-order valence-corrected chi connectivity index (χ1v) is 9.34. The standard InChI is InChI=1S/C22H23N3O/c23-22(26)20-14-18(12-15-4-2-1-3-5-15)25-21-7-6-17(13-19(20)21)16-8-10-24-11-9-16/h6-11,13-15H,1-5,12H2,(H2,23,26). The van der Waals surface area contributed by atoms with Gasteiger partial charge in [0.15, 0.2) is 0 Å². The third kappa shape index (κ3) is 3.45. The molecule has 2 aromatic heterocycles. The zero-order valence-electron chi connectivity index (χ0n) is 14.8. The quantitative estimate of drug-likeness (QED) is 0.756. The largest absolute Gasteiger partial charge is 0.366 e. The molecular weight excluding hydrogens is 322 g/mol. The van der Waals surface area contributed by atoms with E-state index in [1.807, 2.05) is 36.4 Å². The maximum Gasteiger partial charge on any atom is 0.249 e. The number of hydrogen-bond donors (Lipinski definition) is 1. The number of carbonyl (C=O) groups excluding carboxylic acids is 1. The minimum atomic E-state index is -0.394. The number of hydrogen-bond acceptors (Lipinski definition) is 3. The lowest BCUT2D eigenvalue weighted by molar-refractivity contribution is 0.100. The van der Waals surface area contributed by atoms with E-state index < -0.39 is 5.91 Å². The number of nitrogens with two attached hydrogens (primary N) is 1. The van der Waals surface area contributed by atoms with Crippen molar-refractivity contribution >= 4 is 16.8 Å². The molecule has 132 valence electrons. The number of aromatic nitrogens is 2. The van der Waals surface area contributed by atoms with Crippen LogP contribution in [0.5, 0.6) is 0 Å². The number of benzene rings is 1. The molecule has 0 saturated heterocycles. The van der Waals surface area contributed by atoms with Crippen LogP contribution in [-0.4, -0.2) is 15.9 Å². The van der Waals surface area contributed by atoms with Crippen molar-refractivity contribution in [2.24, 2.45) is 11.7 Å². The Labute approximate surface area is 153 Å². The lowest BCUT2D eigenvalue weighted by Crippen LogP contribution is -2.15. The number of amides is 1. The van der Waals surface area contributed by atoms with Crippen molar-refractivity contribution in [3.05, 3.63) is 60.0 Å². The molecule has 0 unspecified atom stereocenters. The summed E-state index contributed by atoms with van der Waals surface area (Å²) in [6.07, 6.45) is 10.9. The number of rotatable bonds is 4. The molecule has 1 amide bonds. The van der Waals surface area contributed by atoms with Crippen molar-refractivity contribution in [1.82, 2.24) is 9.97 Å². The van der Waals surface area contributed by atoms with E-state index >= 15 is 0 Å². The topological polar surface area (TPSA) is 68.9 Å². The van der Waals surface area contributed by atoms with Crippen LogP contribution in [0, 0.1) is 5.92 Å². The Morgan fingerprint density at radius 3 is 2.50 bits per heavy atom. The summed E-state index contributed by atoms with van der Waals surface area (Å²) < 4.78 is 0. The predicted molar refractivity (Wildman–Crippen MR) is 104 cm³/mol. The zero-order chi connectivity index (χ0) is 17.9. The van der Waals surface area contributed by atoms with E-state index in [1.165, 1.54) is 32.1 Å². The molecule has 1 fully saturated rings. The Hall–Kier alpha value is -2.75. The molecule has 1 aliphatic rings. The second-order valence-electron chi connectivity index (χ2n) is 7.20. The molecule has 4 rings (SSSR count). The molecule has 4 heteroatoms. The van der Waals surface area contributed by atoms with Gasteiger partial charge in [-0.1, -0.05) is 38.2 Å². The molecule has 1 saturated carbocycles. The van der Waals surface area contributed by atoms with Crippen LogP contribution in [-0.2, 0) is 6.42 Å². The fourth-order valence-electron chi connectivity index (χ4n) is 4.00. The molecule has 3 aromatic rings. The highest BCUT2D eigenvalue weighted by molar-refractivity contribution is 6.06. The van der Waals surface area contributed by atoms with E-state index in [2.05, 4.69) is 4.98 Å². The van der Waals surface area contributed by atoms with Gasteiger partial charge in [-0.05, 0) is 53.8 Å². The molecule has 2 N–H and O–H groups in total. The Morgan fingerprint density at radius 2 is 1.77 bits per heavy atom. The SMILES string of the molecule is NC(=O)c1cc(CC2CCCCC2)nc2ccc(-c3ccncc3)cc12. The van der Waals surface area contributed by atoms with Gasteiger partial charge in [-0.2, -0.15) is 0 Å². The van der Waals surface area contributed by atoms with E-state index in [-0.39, 0.29) is 0 Å². The van der Waals surface area contributed by atoms with Crippen LogP contribution < -0.4 is 5.73 Å². The molecule has 0 spiro atoms. The van der Waals surface area contributed by atoms with Crippen LogP contribution in [0.4, 0.5) is 0 Å². The summed E-state index contributed by atoms with van der Waals surface area (Å²) in [7, 11) is 0. The monoisotopic (exact) mass is 345 g/mol. The van der Waals surface area contributed by atoms with Gasteiger partial charge >= 0.3 is 0 Å². The normalized spacial score (nSPS) is 15.2. The summed E-state index contributed by atoms with van der Waals surface area (Å²) in [5.74, 6) is 0.277. The van der Waals surface area contributed by atoms with Crippen LogP contribution >= 0.6 is 0 Å². The molecule has 4 nitrogen and oxygen atoms in total. The fraction of sp³-hybridized carbons (Fsp3) is 0.318. The second-order valence-corrected chi connectivity index (χ2v) is 7.20. The van der Waals surface area contributed by atoms with Crippen LogP contribution in [0.1, 0.15) is 48.2 Å². The Balaban J connectivity index is 1.75. The predicted octanol–water partition coefficient (Wildman–Crippen LogP) is 4.52. The average Bonchev–Trinajstić information content (AvgIpc) is 2.68. The molecule has 1 aliphatic carbocycles. The van der Waals surface area contributed by atoms with Gasteiger partial charge in [-0.25, -0.2) is 0 Å². The summed E-state index contributed by atoms with van der Waals surface area (Å²) in [6, 6.07) is 11.8. The Kier molecular flexibility index (Phi) is 4.65. The lowest BCUT2D eigenvalue weighted by Gasteiger charge is -2.21. The lowest BCUT2D eigenvalue weighted by atomic mass is 9.85. The van der Waals surface area contributed by atoms with Crippen LogP contribution in [0.3, 0.4) is 0 Å². The minimum Gasteiger partial charge on any atom is -0.366 e.